The number of aliphatic carboxylic acids is 1. The van der Waals surface area contributed by atoms with Crippen LogP contribution in [0.3, 0.4) is 0 Å². The zero-order valence-corrected chi connectivity index (χ0v) is 12.5. The lowest BCUT2D eigenvalue weighted by atomic mass is 9.97. The van der Waals surface area contributed by atoms with E-state index in [2.05, 4.69) is 15.9 Å². The molecule has 0 aliphatic rings. The van der Waals surface area contributed by atoms with Crippen molar-refractivity contribution in [3.8, 4) is 0 Å². The van der Waals surface area contributed by atoms with Crippen molar-refractivity contribution in [2.24, 2.45) is 0 Å². The molecular formula is C16H14BrFO2. The molecule has 1 atom stereocenters. The molecule has 2 aromatic rings. The number of carbonyl (C=O) groups is 1. The Morgan fingerprint density at radius 3 is 2.50 bits per heavy atom. The fourth-order valence-electron chi connectivity index (χ4n) is 1.97. The first kappa shape index (κ1) is 14.7. The van der Waals surface area contributed by atoms with Gasteiger partial charge in [0.05, 0.1) is 5.92 Å². The molecule has 0 bridgehead atoms. The van der Waals surface area contributed by atoms with E-state index in [-0.39, 0.29) is 5.82 Å². The van der Waals surface area contributed by atoms with Crippen molar-refractivity contribution < 1.29 is 14.3 Å². The normalized spacial score (nSPS) is 12.2. The molecule has 0 radical (unpaired) electrons. The van der Waals surface area contributed by atoms with Crippen LogP contribution in [0.1, 0.15) is 29.5 Å². The number of benzene rings is 2. The van der Waals surface area contributed by atoms with Crippen LogP contribution < -0.4 is 0 Å². The monoisotopic (exact) mass is 336 g/mol. The predicted octanol–water partition coefficient (Wildman–Crippen LogP) is 4.37. The van der Waals surface area contributed by atoms with Crippen molar-refractivity contribution in [2.75, 3.05) is 0 Å². The zero-order chi connectivity index (χ0) is 14.7. The second-order valence-electron chi connectivity index (χ2n) is 4.71. The Hall–Kier alpha value is -1.68. The standard InChI is InChI=1S/C16H14BrFO2/c1-10(16(19)20)12-4-2-11(3-5-12)8-13-9-14(17)6-7-15(13)18/h2-7,9-10H,8H2,1H3,(H,19,20). The summed E-state index contributed by atoms with van der Waals surface area (Å²) in [5, 5.41) is 8.95. The molecule has 0 saturated carbocycles. The molecule has 1 unspecified atom stereocenters. The van der Waals surface area contributed by atoms with Crippen molar-refractivity contribution >= 4 is 21.9 Å². The minimum atomic E-state index is -0.851. The van der Waals surface area contributed by atoms with Gasteiger partial charge in [0.1, 0.15) is 5.82 Å². The molecule has 0 saturated heterocycles. The summed E-state index contributed by atoms with van der Waals surface area (Å²) in [6.07, 6.45) is 0.479. The van der Waals surface area contributed by atoms with Crippen molar-refractivity contribution in [3.63, 3.8) is 0 Å². The van der Waals surface area contributed by atoms with Gasteiger partial charge in [0.25, 0.3) is 0 Å². The van der Waals surface area contributed by atoms with E-state index in [1.807, 2.05) is 12.1 Å². The quantitative estimate of drug-likeness (QED) is 0.900. The van der Waals surface area contributed by atoms with Crippen molar-refractivity contribution in [3.05, 3.63) is 69.4 Å². The molecule has 2 rings (SSSR count). The highest BCUT2D eigenvalue weighted by Crippen LogP contribution is 2.21. The summed E-state index contributed by atoms with van der Waals surface area (Å²) in [6.45, 7) is 1.64. The Balaban J connectivity index is 2.19. The second kappa shape index (κ2) is 6.18. The van der Waals surface area contributed by atoms with E-state index in [1.54, 1.807) is 31.2 Å². The average molecular weight is 337 g/mol. The molecule has 0 amide bonds. The van der Waals surface area contributed by atoms with Gasteiger partial charge < -0.3 is 5.11 Å². The van der Waals surface area contributed by atoms with E-state index in [4.69, 9.17) is 5.11 Å². The van der Waals surface area contributed by atoms with Gasteiger partial charge in [-0.15, -0.1) is 0 Å². The lowest BCUT2D eigenvalue weighted by Crippen LogP contribution is -2.07. The van der Waals surface area contributed by atoms with Crippen molar-refractivity contribution in [1.29, 1.82) is 0 Å². The van der Waals surface area contributed by atoms with Crippen LogP contribution in [-0.4, -0.2) is 11.1 Å². The number of carboxylic acid groups (broad SMARTS) is 1. The first-order chi connectivity index (χ1) is 9.47. The topological polar surface area (TPSA) is 37.3 Å². The van der Waals surface area contributed by atoms with Gasteiger partial charge >= 0.3 is 5.97 Å². The largest absolute Gasteiger partial charge is 0.481 e. The smallest absolute Gasteiger partial charge is 0.310 e. The second-order valence-corrected chi connectivity index (χ2v) is 5.63. The van der Waals surface area contributed by atoms with E-state index >= 15 is 0 Å². The Kier molecular flexibility index (Phi) is 4.55. The number of hydrogen-bond donors (Lipinski definition) is 1. The van der Waals surface area contributed by atoms with E-state index in [1.165, 1.54) is 6.07 Å². The molecule has 0 aliphatic carbocycles. The Morgan fingerprint density at radius 1 is 1.25 bits per heavy atom. The third-order valence-electron chi connectivity index (χ3n) is 3.25. The average Bonchev–Trinajstić information content (AvgIpc) is 2.43. The van der Waals surface area contributed by atoms with Crippen molar-refractivity contribution in [1.82, 2.24) is 0 Å². The summed E-state index contributed by atoms with van der Waals surface area (Å²) >= 11 is 3.32. The number of rotatable bonds is 4. The SMILES string of the molecule is CC(C(=O)O)c1ccc(Cc2cc(Br)ccc2F)cc1. The first-order valence-corrected chi connectivity index (χ1v) is 7.02. The van der Waals surface area contributed by atoms with Gasteiger partial charge in [-0.25, -0.2) is 4.39 Å². The number of halogens is 2. The van der Waals surface area contributed by atoms with Gasteiger partial charge in [0.2, 0.25) is 0 Å². The minimum absolute atomic E-state index is 0.240. The lowest BCUT2D eigenvalue weighted by molar-refractivity contribution is -0.138. The molecular weight excluding hydrogens is 323 g/mol. The zero-order valence-electron chi connectivity index (χ0n) is 10.9. The van der Waals surface area contributed by atoms with Gasteiger partial charge in [0, 0.05) is 10.9 Å². The summed E-state index contributed by atoms with van der Waals surface area (Å²) < 4.78 is 14.5. The van der Waals surface area contributed by atoms with Crippen LogP contribution >= 0.6 is 15.9 Å². The molecule has 0 spiro atoms. The van der Waals surface area contributed by atoms with Crippen LogP contribution in [0.25, 0.3) is 0 Å². The van der Waals surface area contributed by atoms with Crippen LogP contribution in [0, 0.1) is 5.82 Å². The van der Waals surface area contributed by atoms with Crippen molar-refractivity contribution in [2.45, 2.75) is 19.3 Å². The van der Waals surface area contributed by atoms with E-state index in [0.717, 1.165) is 15.6 Å². The van der Waals surface area contributed by atoms with E-state index < -0.39 is 11.9 Å². The summed E-state index contributed by atoms with van der Waals surface area (Å²) in [6, 6.07) is 12.1. The van der Waals surface area contributed by atoms with E-state index in [0.29, 0.717) is 12.0 Å². The highest BCUT2D eigenvalue weighted by Gasteiger charge is 2.13. The third-order valence-corrected chi connectivity index (χ3v) is 3.75. The highest BCUT2D eigenvalue weighted by molar-refractivity contribution is 9.10. The molecule has 2 aromatic carbocycles. The van der Waals surface area contributed by atoms with Crippen LogP contribution in [0.15, 0.2) is 46.9 Å². The van der Waals surface area contributed by atoms with Gasteiger partial charge in [-0.2, -0.15) is 0 Å². The summed E-state index contributed by atoms with van der Waals surface area (Å²) in [4.78, 5) is 10.9. The molecule has 20 heavy (non-hydrogen) atoms. The summed E-state index contributed by atoms with van der Waals surface area (Å²) in [5.41, 5.74) is 2.30. The van der Waals surface area contributed by atoms with Crippen LogP contribution in [-0.2, 0) is 11.2 Å². The third kappa shape index (κ3) is 3.45. The highest BCUT2D eigenvalue weighted by atomic mass is 79.9. The molecule has 2 nitrogen and oxygen atoms in total. The van der Waals surface area contributed by atoms with Crippen LogP contribution in [0.4, 0.5) is 4.39 Å². The molecule has 0 aliphatic heterocycles. The molecule has 4 heteroatoms. The summed E-state index contributed by atoms with van der Waals surface area (Å²) in [5.74, 6) is -1.63. The van der Waals surface area contributed by atoms with Crippen LogP contribution in [0.2, 0.25) is 0 Å². The first-order valence-electron chi connectivity index (χ1n) is 6.23. The Bertz CT molecular complexity index is 623. The van der Waals surface area contributed by atoms with Gasteiger partial charge in [-0.05, 0) is 41.8 Å². The van der Waals surface area contributed by atoms with E-state index in [9.17, 15) is 9.18 Å². The fraction of sp³-hybridized carbons (Fsp3) is 0.188. The molecule has 104 valence electrons. The minimum Gasteiger partial charge on any atom is -0.481 e. The number of carboxylic acids is 1. The fourth-order valence-corrected chi connectivity index (χ4v) is 2.37. The maximum absolute atomic E-state index is 13.7. The molecule has 0 aromatic heterocycles. The van der Waals surface area contributed by atoms with Gasteiger partial charge in [-0.1, -0.05) is 40.2 Å². The Morgan fingerprint density at radius 2 is 1.90 bits per heavy atom. The Labute approximate surface area is 125 Å². The summed E-state index contributed by atoms with van der Waals surface area (Å²) in [7, 11) is 0. The predicted molar refractivity (Wildman–Crippen MR) is 79.4 cm³/mol. The maximum Gasteiger partial charge on any atom is 0.310 e. The van der Waals surface area contributed by atoms with Gasteiger partial charge in [-0.3, -0.25) is 4.79 Å². The van der Waals surface area contributed by atoms with Gasteiger partial charge in [0.15, 0.2) is 0 Å². The maximum atomic E-state index is 13.7. The number of hydrogen-bond acceptors (Lipinski definition) is 1. The molecule has 1 N–H and O–H groups in total. The molecule has 0 fully saturated rings. The van der Waals surface area contributed by atoms with Crippen LogP contribution in [0.5, 0.6) is 0 Å². The lowest BCUT2D eigenvalue weighted by Gasteiger charge is -2.08. The molecule has 0 heterocycles.